The number of amides is 1. The number of ether oxygens (including phenoxy) is 1. The fourth-order valence-corrected chi connectivity index (χ4v) is 6.33. The molecule has 1 atom stereocenters. The Balaban J connectivity index is 1.70. The van der Waals surface area contributed by atoms with Gasteiger partial charge < -0.3 is 19.6 Å². The number of piperazine rings is 1. The normalized spacial score (nSPS) is 17.1. The van der Waals surface area contributed by atoms with Gasteiger partial charge in [0.25, 0.3) is 0 Å². The minimum atomic E-state index is -0.942. The molecule has 43 heavy (non-hydrogen) atoms. The Kier molecular flexibility index (Phi) is 7.31. The van der Waals surface area contributed by atoms with Gasteiger partial charge in [-0.2, -0.15) is 4.98 Å². The monoisotopic (exact) mass is 582 g/mol. The molecule has 1 aliphatic carbocycles. The number of pyridine rings is 2. The number of aryl methyl sites for hydroxylation is 2. The third kappa shape index (κ3) is 4.98. The summed E-state index contributed by atoms with van der Waals surface area (Å²) in [7, 11) is 1.67. The largest absolute Gasteiger partial charge is 0.496 e. The zero-order valence-corrected chi connectivity index (χ0v) is 25.6. The fourth-order valence-electron chi connectivity index (χ4n) is 6.33. The van der Waals surface area contributed by atoms with Crippen LogP contribution in [0.1, 0.15) is 67.8 Å². The maximum Gasteiger partial charge on any atom is 0.407 e. The van der Waals surface area contributed by atoms with Crippen LogP contribution in [0.25, 0.3) is 28.0 Å². The van der Waals surface area contributed by atoms with Crippen LogP contribution in [0.5, 0.6) is 5.75 Å². The van der Waals surface area contributed by atoms with Crippen molar-refractivity contribution in [3.63, 3.8) is 0 Å². The van der Waals surface area contributed by atoms with E-state index in [-0.39, 0.29) is 12.0 Å². The average Bonchev–Trinajstić information content (AvgIpc) is 3.82. The van der Waals surface area contributed by atoms with Gasteiger partial charge in [-0.25, -0.2) is 19.1 Å². The van der Waals surface area contributed by atoms with Gasteiger partial charge in [0.05, 0.1) is 29.6 Å². The van der Waals surface area contributed by atoms with Crippen molar-refractivity contribution in [2.24, 2.45) is 0 Å². The summed E-state index contributed by atoms with van der Waals surface area (Å²) < 4.78 is 7.50. The topological polar surface area (TPSA) is 114 Å². The number of hydrogen-bond donors (Lipinski definition) is 1. The van der Waals surface area contributed by atoms with Crippen LogP contribution in [0.15, 0.2) is 41.3 Å². The lowest BCUT2D eigenvalue weighted by Gasteiger charge is -2.39. The summed E-state index contributed by atoms with van der Waals surface area (Å²) in [4.78, 5) is 44.1. The highest BCUT2D eigenvalue weighted by molar-refractivity contribution is 5.92. The van der Waals surface area contributed by atoms with Crippen molar-refractivity contribution in [3.8, 4) is 22.7 Å². The summed E-state index contributed by atoms with van der Waals surface area (Å²) in [5.41, 5.74) is 6.26. The van der Waals surface area contributed by atoms with E-state index in [2.05, 4.69) is 29.8 Å². The van der Waals surface area contributed by atoms with Crippen molar-refractivity contribution in [2.45, 2.75) is 65.3 Å². The Bertz CT molecular complexity index is 1790. The fraction of sp³-hybridized carbons (Fsp3) is 0.424. The minimum Gasteiger partial charge on any atom is -0.496 e. The predicted molar refractivity (Wildman–Crippen MR) is 167 cm³/mol. The second-order valence-electron chi connectivity index (χ2n) is 12.1. The van der Waals surface area contributed by atoms with Crippen LogP contribution >= 0.6 is 0 Å². The van der Waals surface area contributed by atoms with E-state index in [1.807, 2.05) is 45.0 Å². The smallest absolute Gasteiger partial charge is 0.407 e. The van der Waals surface area contributed by atoms with E-state index in [0.717, 1.165) is 57.6 Å². The van der Waals surface area contributed by atoms with Gasteiger partial charge in [0.2, 0.25) is 0 Å². The number of nitrogens with zero attached hydrogens (tertiary/aromatic N) is 6. The van der Waals surface area contributed by atoms with Crippen LogP contribution in [0, 0.1) is 13.8 Å². The van der Waals surface area contributed by atoms with E-state index < -0.39 is 11.8 Å². The number of rotatable bonds is 6. The van der Waals surface area contributed by atoms with Gasteiger partial charge in [-0.05, 0) is 80.3 Å². The van der Waals surface area contributed by atoms with E-state index in [1.54, 1.807) is 17.9 Å². The number of anilines is 1. The molecule has 2 aliphatic rings. The van der Waals surface area contributed by atoms with Crippen LogP contribution < -0.4 is 15.3 Å². The maximum atomic E-state index is 14.2. The van der Waals surface area contributed by atoms with Gasteiger partial charge in [-0.15, -0.1) is 0 Å². The molecular formula is C33H38N6O4. The van der Waals surface area contributed by atoms with Crippen LogP contribution in [0.2, 0.25) is 0 Å². The van der Waals surface area contributed by atoms with E-state index in [0.29, 0.717) is 42.7 Å². The third-order valence-corrected chi connectivity index (χ3v) is 8.66. The number of hydrogen-bond acceptors (Lipinski definition) is 7. The van der Waals surface area contributed by atoms with E-state index in [4.69, 9.17) is 14.7 Å². The predicted octanol–water partition coefficient (Wildman–Crippen LogP) is 5.66. The minimum absolute atomic E-state index is 0.0581. The molecule has 0 radical (unpaired) electrons. The summed E-state index contributed by atoms with van der Waals surface area (Å²) in [6.45, 7) is 11.2. The first kappa shape index (κ1) is 28.6. The molecule has 1 saturated carbocycles. The molecule has 0 bridgehead atoms. The molecule has 10 nitrogen and oxygen atoms in total. The number of fused-ring (bicyclic) bond motifs is 1. The lowest BCUT2D eigenvalue weighted by molar-refractivity contribution is 0.136. The van der Waals surface area contributed by atoms with Crippen molar-refractivity contribution >= 4 is 22.9 Å². The van der Waals surface area contributed by atoms with Crippen molar-refractivity contribution in [1.82, 2.24) is 24.4 Å². The van der Waals surface area contributed by atoms with Crippen molar-refractivity contribution in [3.05, 3.63) is 69.4 Å². The Morgan fingerprint density at radius 2 is 1.86 bits per heavy atom. The van der Waals surface area contributed by atoms with Crippen LogP contribution in [-0.2, 0) is 0 Å². The summed E-state index contributed by atoms with van der Waals surface area (Å²) in [5.74, 6) is 1.71. The lowest BCUT2D eigenvalue weighted by Crippen LogP contribution is -2.54. The Morgan fingerprint density at radius 1 is 1.09 bits per heavy atom. The van der Waals surface area contributed by atoms with Crippen molar-refractivity contribution in [1.29, 1.82) is 0 Å². The van der Waals surface area contributed by atoms with E-state index >= 15 is 0 Å². The number of aromatic nitrogens is 4. The number of para-hydroxylation sites is 1. The van der Waals surface area contributed by atoms with E-state index in [1.165, 1.54) is 4.90 Å². The zero-order chi connectivity index (χ0) is 30.6. The van der Waals surface area contributed by atoms with Crippen LogP contribution in [0.4, 0.5) is 10.6 Å². The molecule has 1 N–H and O–H groups in total. The second-order valence-corrected chi connectivity index (χ2v) is 12.1. The standard InChI is InChI=1S/C33H38N6O4/c1-18(2)26-28(19(3)12-13-34-26)39-31-25(30(36-32(39)40)38-15-14-37(33(41)42)17-21(38)5)16-24(22-10-11-22)27(35-31)23-9-7-8-20(4)29(23)43-6/h7-9,12-13,16,18,21-22H,10-11,14-15,17H2,1-6H3,(H,41,42)/t21-/m0/s1. The van der Waals surface area contributed by atoms with Gasteiger partial charge >= 0.3 is 11.8 Å². The molecule has 6 rings (SSSR count). The Morgan fingerprint density at radius 3 is 2.51 bits per heavy atom. The highest BCUT2D eigenvalue weighted by atomic mass is 16.5. The SMILES string of the molecule is COc1c(C)cccc1-c1nc2c(cc1C1CC1)c(N1CCN(C(=O)O)C[C@@H]1C)nc(=O)n2-c1c(C)ccnc1C(C)C. The maximum absolute atomic E-state index is 14.2. The quantitative estimate of drug-likeness (QED) is 0.310. The summed E-state index contributed by atoms with van der Waals surface area (Å²) in [5, 5.41) is 10.4. The van der Waals surface area contributed by atoms with Gasteiger partial charge in [0, 0.05) is 37.4 Å². The number of carbonyl (C=O) groups is 1. The summed E-state index contributed by atoms with van der Waals surface area (Å²) in [6.07, 6.45) is 2.95. The molecule has 1 saturated heterocycles. The molecular weight excluding hydrogens is 544 g/mol. The van der Waals surface area contributed by atoms with Gasteiger partial charge in [0.15, 0.2) is 5.65 Å². The lowest BCUT2D eigenvalue weighted by atomic mass is 9.98. The van der Waals surface area contributed by atoms with E-state index in [9.17, 15) is 14.7 Å². The molecule has 224 valence electrons. The highest BCUT2D eigenvalue weighted by Crippen LogP contribution is 2.47. The molecule has 1 aromatic carbocycles. The van der Waals surface area contributed by atoms with Gasteiger partial charge in [-0.1, -0.05) is 26.0 Å². The zero-order valence-electron chi connectivity index (χ0n) is 25.6. The first-order valence-electron chi connectivity index (χ1n) is 14.9. The summed E-state index contributed by atoms with van der Waals surface area (Å²) >= 11 is 0. The Labute approximate surface area is 251 Å². The van der Waals surface area contributed by atoms with Crippen molar-refractivity contribution in [2.75, 3.05) is 31.6 Å². The first-order valence-corrected chi connectivity index (χ1v) is 14.9. The molecule has 4 aromatic rings. The van der Waals surface area contributed by atoms with Gasteiger partial charge in [-0.3, -0.25) is 4.98 Å². The summed E-state index contributed by atoms with van der Waals surface area (Å²) in [6, 6.07) is 9.94. The second kappa shape index (κ2) is 11.0. The number of carboxylic acid groups (broad SMARTS) is 1. The van der Waals surface area contributed by atoms with Crippen molar-refractivity contribution < 1.29 is 14.6 Å². The van der Waals surface area contributed by atoms with Gasteiger partial charge in [0.1, 0.15) is 11.6 Å². The molecule has 1 amide bonds. The Hall–Kier alpha value is -4.47. The molecule has 0 spiro atoms. The first-order chi connectivity index (χ1) is 20.6. The average molecular weight is 583 g/mol. The number of methoxy groups -OCH3 is 1. The molecule has 3 aromatic heterocycles. The molecule has 4 heterocycles. The third-order valence-electron chi connectivity index (χ3n) is 8.66. The molecule has 2 fully saturated rings. The highest BCUT2D eigenvalue weighted by Gasteiger charge is 2.34. The molecule has 10 heteroatoms. The molecule has 1 aliphatic heterocycles. The number of benzene rings is 1. The molecule has 0 unspecified atom stereocenters. The van der Waals surface area contributed by atoms with Crippen LogP contribution in [-0.4, -0.2) is 68.4 Å². The van der Waals surface area contributed by atoms with Crippen LogP contribution in [0.3, 0.4) is 0 Å².